The summed E-state index contributed by atoms with van der Waals surface area (Å²) in [5, 5.41) is 3.02. The van der Waals surface area contributed by atoms with Crippen LogP contribution in [0.15, 0.2) is 18.2 Å². The molecule has 1 unspecified atom stereocenters. The number of aryl methyl sites for hydroxylation is 2. The summed E-state index contributed by atoms with van der Waals surface area (Å²) in [6, 6.07) is 5.95. The molecule has 2 rings (SSSR count). The van der Waals surface area contributed by atoms with Crippen LogP contribution in [0.25, 0.3) is 0 Å². The molecule has 1 aromatic rings. The highest BCUT2D eigenvalue weighted by atomic mass is 32.2. The maximum atomic E-state index is 12.3. The highest BCUT2D eigenvalue weighted by molar-refractivity contribution is 7.99. The zero-order valence-electron chi connectivity index (χ0n) is 11.8. The summed E-state index contributed by atoms with van der Waals surface area (Å²) in [7, 11) is 1.73. The molecular formula is C15H21NO2S. The number of carbonyl (C=O) groups is 1. The van der Waals surface area contributed by atoms with Crippen molar-refractivity contribution in [2.45, 2.75) is 25.9 Å². The summed E-state index contributed by atoms with van der Waals surface area (Å²) in [5.41, 5.74) is 2.69. The summed E-state index contributed by atoms with van der Waals surface area (Å²) < 4.78 is 5.60. The highest BCUT2D eigenvalue weighted by Crippen LogP contribution is 2.30. The summed E-state index contributed by atoms with van der Waals surface area (Å²) in [5.74, 6) is 2.05. The number of benzene rings is 1. The van der Waals surface area contributed by atoms with Gasteiger partial charge in [-0.15, -0.1) is 0 Å². The van der Waals surface area contributed by atoms with Crippen LogP contribution in [0.3, 0.4) is 0 Å². The number of rotatable bonds is 4. The predicted octanol–water partition coefficient (Wildman–Crippen LogP) is 2.56. The second kappa shape index (κ2) is 5.97. The minimum atomic E-state index is -0.182. The van der Waals surface area contributed by atoms with Crippen LogP contribution < -0.4 is 5.32 Å². The number of amides is 1. The van der Waals surface area contributed by atoms with Crippen LogP contribution in [0.5, 0.6) is 0 Å². The highest BCUT2D eigenvalue weighted by Gasteiger charge is 2.34. The van der Waals surface area contributed by atoms with Gasteiger partial charge in [-0.25, -0.2) is 0 Å². The molecule has 19 heavy (non-hydrogen) atoms. The number of ether oxygens (including phenoxy) is 1. The fraction of sp³-hybridized carbons (Fsp3) is 0.533. The molecule has 0 bridgehead atoms. The van der Waals surface area contributed by atoms with Crippen molar-refractivity contribution in [3.63, 3.8) is 0 Å². The van der Waals surface area contributed by atoms with Crippen LogP contribution >= 0.6 is 11.8 Å². The van der Waals surface area contributed by atoms with Crippen LogP contribution in [0.4, 0.5) is 0 Å². The first kappa shape index (κ1) is 14.4. The summed E-state index contributed by atoms with van der Waals surface area (Å²) in [4.78, 5) is 12.3. The van der Waals surface area contributed by atoms with Crippen LogP contribution in [-0.4, -0.2) is 36.7 Å². The van der Waals surface area contributed by atoms with E-state index in [1.54, 1.807) is 7.11 Å². The Hall–Kier alpha value is -1.00. The molecule has 1 aliphatic heterocycles. The van der Waals surface area contributed by atoms with E-state index in [-0.39, 0.29) is 11.5 Å². The Morgan fingerprint density at radius 2 is 2.26 bits per heavy atom. The van der Waals surface area contributed by atoms with Crippen molar-refractivity contribution in [1.29, 1.82) is 0 Å². The van der Waals surface area contributed by atoms with Gasteiger partial charge >= 0.3 is 0 Å². The number of carbonyl (C=O) groups excluding carboxylic acids is 1. The van der Waals surface area contributed by atoms with E-state index in [2.05, 4.69) is 5.32 Å². The first-order chi connectivity index (χ1) is 9.06. The van der Waals surface area contributed by atoms with Gasteiger partial charge in [0, 0.05) is 25.0 Å². The Morgan fingerprint density at radius 1 is 1.47 bits per heavy atom. The van der Waals surface area contributed by atoms with Crippen molar-refractivity contribution < 1.29 is 9.53 Å². The van der Waals surface area contributed by atoms with E-state index >= 15 is 0 Å². The van der Waals surface area contributed by atoms with Gasteiger partial charge in [0.05, 0.1) is 5.60 Å². The fourth-order valence-electron chi connectivity index (χ4n) is 2.28. The third-order valence-corrected chi connectivity index (χ3v) is 4.93. The predicted molar refractivity (Wildman–Crippen MR) is 79.9 cm³/mol. The molecule has 0 spiro atoms. The second-order valence-corrected chi connectivity index (χ2v) is 6.30. The first-order valence-electron chi connectivity index (χ1n) is 6.55. The monoisotopic (exact) mass is 279 g/mol. The van der Waals surface area contributed by atoms with Gasteiger partial charge in [0.25, 0.3) is 5.91 Å². The maximum absolute atomic E-state index is 12.3. The van der Waals surface area contributed by atoms with E-state index in [1.165, 1.54) is 0 Å². The van der Waals surface area contributed by atoms with E-state index in [1.807, 2.05) is 43.8 Å². The van der Waals surface area contributed by atoms with Crippen molar-refractivity contribution >= 4 is 17.7 Å². The normalized spacial score (nSPS) is 22.5. The SMILES string of the molecule is COC1(CNC(=O)c2cc(C)ccc2C)CCSC1. The molecule has 1 atom stereocenters. The molecule has 3 nitrogen and oxygen atoms in total. The lowest BCUT2D eigenvalue weighted by Crippen LogP contribution is -2.44. The van der Waals surface area contributed by atoms with Gasteiger partial charge in [0.1, 0.15) is 0 Å². The molecule has 0 aromatic heterocycles. The molecule has 0 radical (unpaired) electrons. The summed E-state index contributed by atoms with van der Waals surface area (Å²) >= 11 is 1.88. The lowest BCUT2D eigenvalue weighted by atomic mass is 10.0. The Morgan fingerprint density at radius 3 is 2.89 bits per heavy atom. The molecule has 1 saturated heterocycles. The molecule has 104 valence electrons. The van der Waals surface area contributed by atoms with Crippen molar-refractivity contribution in [2.24, 2.45) is 0 Å². The average Bonchev–Trinajstić information content (AvgIpc) is 2.88. The van der Waals surface area contributed by atoms with Crippen molar-refractivity contribution in [3.05, 3.63) is 34.9 Å². The lowest BCUT2D eigenvalue weighted by Gasteiger charge is -2.27. The van der Waals surface area contributed by atoms with Gasteiger partial charge in [-0.2, -0.15) is 11.8 Å². The van der Waals surface area contributed by atoms with E-state index in [0.717, 1.165) is 34.6 Å². The molecule has 1 aromatic carbocycles. The number of methoxy groups -OCH3 is 1. The fourth-order valence-corrected chi connectivity index (χ4v) is 3.68. The van der Waals surface area contributed by atoms with Crippen LogP contribution in [0, 0.1) is 13.8 Å². The molecule has 1 amide bonds. The quantitative estimate of drug-likeness (QED) is 0.920. The lowest BCUT2D eigenvalue weighted by molar-refractivity contribution is 0.0137. The summed E-state index contributed by atoms with van der Waals surface area (Å²) in [6.07, 6.45) is 1.00. The molecule has 1 fully saturated rings. The Balaban J connectivity index is 2.03. The van der Waals surface area contributed by atoms with Crippen molar-refractivity contribution in [2.75, 3.05) is 25.2 Å². The molecule has 1 N–H and O–H groups in total. The third-order valence-electron chi connectivity index (χ3n) is 3.71. The molecule has 0 saturated carbocycles. The number of nitrogens with one attached hydrogen (secondary N) is 1. The zero-order chi connectivity index (χ0) is 13.9. The molecule has 0 aliphatic carbocycles. The number of hydrogen-bond donors (Lipinski definition) is 1. The maximum Gasteiger partial charge on any atom is 0.251 e. The summed E-state index contributed by atoms with van der Waals surface area (Å²) in [6.45, 7) is 4.55. The molecular weight excluding hydrogens is 258 g/mol. The van der Waals surface area contributed by atoms with Crippen molar-refractivity contribution in [3.8, 4) is 0 Å². The Kier molecular flexibility index (Phi) is 4.53. The van der Waals surface area contributed by atoms with E-state index in [9.17, 15) is 4.79 Å². The molecule has 4 heteroatoms. The van der Waals surface area contributed by atoms with Crippen molar-refractivity contribution in [1.82, 2.24) is 5.32 Å². The number of thioether (sulfide) groups is 1. The zero-order valence-corrected chi connectivity index (χ0v) is 12.6. The minimum absolute atomic E-state index is 0.00507. The standard InChI is InChI=1S/C15H21NO2S/c1-11-4-5-12(2)13(8-11)14(17)16-9-15(18-3)6-7-19-10-15/h4-5,8H,6-7,9-10H2,1-3H3,(H,16,17). The average molecular weight is 279 g/mol. The smallest absolute Gasteiger partial charge is 0.251 e. The Bertz CT molecular complexity index is 467. The van der Waals surface area contributed by atoms with Gasteiger partial charge < -0.3 is 10.1 Å². The van der Waals surface area contributed by atoms with Crippen LogP contribution in [-0.2, 0) is 4.74 Å². The second-order valence-electron chi connectivity index (χ2n) is 5.19. The Labute approximate surface area is 119 Å². The molecule has 1 heterocycles. The topological polar surface area (TPSA) is 38.3 Å². The largest absolute Gasteiger partial charge is 0.376 e. The van der Waals surface area contributed by atoms with Gasteiger partial charge in [-0.1, -0.05) is 17.7 Å². The van der Waals surface area contributed by atoms with Gasteiger partial charge in [-0.05, 0) is 37.7 Å². The van der Waals surface area contributed by atoms with Gasteiger partial charge in [-0.3, -0.25) is 4.79 Å². The van der Waals surface area contributed by atoms with Gasteiger partial charge in [0.2, 0.25) is 0 Å². The van der Waals surface area contributed by atoms with E-state index in [0.29, 0.717) is 6.54 Å². The third kappa shape index (κ3) is 3.31. The number of hydrogen-bond acceptors (Lipinski definition) is 3. The van der Waals surface area contributed by atoms with Gasteiger partial charge in [0.15, 0.2) is 0 Å². The first-order valence-corrected chi connectivity index (χ1v) is 7.70. The molecule has 1 aliphatic rings. The minimum Gasteiger partial charge on any atom is -0.376 e. The van der Waals surface area contributed by atoms with Crippen LogP contribution in [0.2, 0.25) is 0 Å². The van der Waals surface area contributed by atoms with E-state index in [4.69, 9.17) is 4.74 Å². The van der Waals surface area contributed by atoms with Crippen LogP contribution in [0.1, 0.15) is 27.9 Å². The van der Waals surface area contributed by atoms with E-state index < -0.39 is 0 Å².